The number of aryl methyl sites for hydroxylation is 1. The van der Waals surface area contributed by atoms with Gasteiger partial charge in [-0.1, -0.05) is 18.2 Å². The van der Waals surface area contributed by atoms with Crippen molar-refractivity contribution < 1.29 is 21.6 Å². The van der Waals surface area contributed by atoms with Gasteiger partial charge in [0.1, 0.15) is 0 Å². The lowest BCUT2D eigenvalue weighted by Gasteiger charge is -2.10. The molecule has 2 aromatic heterocycles. The van der Waals surface area contributed by atoms with Crippen LogP contribution in [0.3, 0.4) is 0 Å². The number of rotatable bonds is 5. The number of alkyl halides is 3. The van der Waals surface area contributed by atoms with Gasteiger partial charge in [0.2, 0.25) is 10.0 Å². The molecule has 0 aliphatic carbocycles. The highest BCUT2D eigenvalue weighted by Gasteiger charge is 2.34. The van der Waals surface area contributed by atoms with Gasteiger partial charge in [-0.25, -0.2) is 13.1 Å². The summed E-state index contributed by atoms with van der Waals surface area (Å²) in [6.07, 6.45) is -1.74. The van der Waals surface area contributed by atoms with E-state index in [-0.39, 0.29) is 6.54 Å². The fourth-order valence-corrected chi connectivity index (χ4v) is 3.67. The fourth-order valence-electron chi connectivity index (χ4n) is 2.75. The number of aromatic nitrogens is 2. The normalized spacial score (nSPS) is 12.6. The van der Waals surface area contributed by atoms with Crippen molar-refractivity contribution in [3.05, 3.63) is 54.4 Å². The average molecular weight is 383 g/mol. The Morgan fingerprint density at radius 1 is 1.15 bits per heavy atom. The first-order valence-electron chi connectivity index (χ1n) is 7.67. The molecule has 0 bridgehead atoms. The van der Waals surface area contributed by atoms with Gasteiger partial charge >= 0.3 is 6.18 Å². The first-order chi connectivity index (χ1) is 12.1. The Labute approximate surface area is 148 Å². The van der Waals surface area contributed by atoms with Crippen LogP contribution in [0.25, 0.3) is 22.2 Å². The highest BCUT2D eigenvalue weighted by Crippen LogP contribution is 2.27. The zero-order chi connectivity index (χ0) is 18.9. The Morgan fingerprint density at radius 3 is 2.58 bits per heavy atom. The van der Waals surface area contributed by atoms with Gasteiger partial charge in [0.05, 0.1) is 5.69 Å². The molecule has 26 heavy (non-hydrogen) atoms. The van der Waals surface area contributed by atoms with Crippen molar-refractivity contribution in [2.45, 2.75) is 12.7 Å². The second-order valence-electron chi connectivity index (χ2n) is 5.92. The summed E-state index contributed by atoms with van der Waals surface area (Å²) in [5.41, 5.74) is 3.12. The summed E-state index contributed by atoms with van der Waals surface area (Å²) >= 11 is 0. The largest absolute Gasteiger partial charge is 0.404 e. The SMILES string of the molecule is Cn1c(-c2cncc(CNS(=O)(=O)CC(F)(F)F)c2)cc2ccccc21. The lowest BCUT2D eigenvalue weighted by Crippen LogP contribution is -2.33. The third kappa shape index (κ3) is 4.23. The summed E-state index contributed by atoms with van der Waals surface area (Å²) in [4.78, 5) is 4.08. The standard InChI is InChI=1S/C17H16F3N3O2S/c1-23-15-5-3-2-4-13(15)7-16(23)14-6-12(8-21-10-14)9-22-26(24,25)11-17(18,19)20/h2-8,10,22H,9,11H2,1H3. The van der Waals surface area contributed by atoms with Gasteiger partial charge in [-0.15, -0.1) is 0 Å². The Balaban J connectivity index is 1.83. The number of hydrogen-bond donors (Lipinski definition) is 1. The number of nitrogens with zero attached hydrogens (tertiary/aromatic N) is 2. The molecule has 0 unspecified atom stereocenters. The third-order valence-corrected chi connectivity index (χ3v) is 5.18. The van der Waals surface area contributed by atoms with Crippen LogP contribution < -0.4 is 4.72 Å². The zero-order valence-corrected chi connectivity index (χ0v) is 14.6. The van der Waals surface area contributed by atoms with E-state index in [1.807, 2.05) is 46.7 Å². The lowest BCUT2D eigenvalue weighted by atomic mass is 10.1. The van der Waals surface area contributed by atoms with Crippen molar-refractivity contribution in [2.75, 3.05) is 5.75 Å². The minimum atomic E-state index is -4.78. The van der Waals surface area contributed by atoms with Gasteiger partial charge in [0, 0.05) is 42.5 Å². The molecule has 138 valence electrons. The smallest absolute Gasteiger partial charge is 0.344 e. The molecule has 0 atom stereocenters. The highest BCUT2D eigenvalue weighted by molar-refractivity contribution is 7.89. The van der Waals surface area contributed by atoms with E-state index in [0.717, 1.165) is 22.2 Å². The summed E-state index contributed by atoms with van der Waals surface area (Å²) in [5, 5.41) is 1.04. The zero-order valence-electron chi connectivity index (χ0n) is 13.8. The molecule has 2 heterocycles. The van der Waals surface area contributed by atoms with Gasteiger partial charge in [0.15, 0.2) is 5.75 Å². The number of pyridine rings is 1. The molecule has 3 aromatic rings. The topological polar surface area (TPSA) is 64.0 Å². The first kappa shape index (κ1) is 18.4. The van der Waals surface area contributed by atoms with Crippen LogP contribution in [0.15, 0.2) is 48.8 Å². The van der Waals surface area contributed by atoms with E-state index in [2.05, 4.69) is 4.98 Å². The predicted molar refractivity (Wildman–Crippen MR) is 92.8 cm³/mol. The average Bonchev–Trinajstić information content (AvgIpc) is 2.89. The van der Waals surface area contributed by atoms with Crippen LogP contribution >= 0.6 is 0 Å². The summed E-state index contributed by atoms with van der Waals surface area (Å²) in [6.45, 7) is -0.261. The second-order valence-corrected chi connectivity index (χ2v) is 7.73. The summed E-state index contributed by atoms with van der Waals surface area (Å²) in [7, 11) is -2.55. The Hall–Kier alpha value is -2.39. The molecule has 0 aliphatic heterocycles. The molecular formula is C17H16F3N3O2S. The molecular weight excluding hydrogens is 367 g/mol. The Kier molecular flexibility index (Phi) is 4.76. The number of sulfonamides is 1. The fraction of sp³-hybridized carbons (Fsp3) is 0.235. The van der Waals surface area contributed by atoms with Crippen molar-refractivity contribution in [3.8, 4) is 11.3 Å². The minimum absolute atomic E-state index is 0.261. The summed E-state index contributed by atoms with van der Waals surface area (Å²) in [6, 6.07) is 11.5. The van der Waals surface area contributed by atoms with Gasteiger partial charge in [-0.05, 0) is 23.8 Å². The molecule has 0 fully saturated rings. The molecule has 3 rings (SSSR count). The lowest BCUT2D eigenvalue weighted by molar-refractivity contribution is -0.106. The highest BCUT2D eigenvalue weighted by atomic mass is 32.2. The molecule has 0 saturated carbocycles. The van der Waals surface area contributed by atoms with E-state index >= 15 is 0 Å². The van der Waals surface area contributed by atoms with Crippen molar-refractivity contribution in [1.29, 1.82) is 0 Å². The molecule has 0 amide bonds. The van der Waals surface area contributed by atoms with E-state index in [0.29, 0.717) is 5.56 Å². The number of para-hydroxylation sites is 1. The van der Waals surface area contributed by atoms with Gasteiger partial charge in [-0.3, -0.25) is 4.98 Å². The monoisotopic (exact) mass is 383 g/mol. The first-order valence-corrected chi connectivity index (χ1v) is 9.33. The van der Waals surface area contributed by atoms with Crippen molar-refractivity contribution in [1.82, 2.24) is 14.3 Å². The molecule has 0 spiro atoms. The number of halogens is 3. The molecule has 9 heteroatoms. The van der Waals surface area contributed by atoms with Crippen LogP contribution in [-0.4, -0.2) is 29.9 Å². The van der Waals surface area contributed by atoms with Crippen LogP contribution in [0.1, 0.15) is 5.56 Å². The van der Waals surface area contributed by atoms with E-state index < -0.39 is 22.0 Å². The van der Waals surface area contributed by atoms with Crippen molar-refractivity contribution in [3.63, 3.8) is 0 Å². The number of hydrogen-bond acceptors (Lipinski definition) is 3. The summed E-state index contributed by atoms with van der Waals surface area (Å²) in [5.74, 6) is -1.91. The van der Waals surface area contributed by atoms with E-state index in [1.165, 1.54) is 6.20 Å². The molecule has 5 nitrogen and oxygen atoms in total. The second kappa shape index (κ2) is 6.73. The third-order valence-electron chi connectivity index (χ3n) is 3.89. The van der Waals surface area contributed by atoms with Gasteiger partial charge in [0.25, 0.3) is 0 Å². The quantitative estimate of drug-likeness (QED) is 0.736. The van der Waals surface area contributed by atoms with Crippen LogP contribution in [0.4, 0.5) is 13.2 Å². The maximum absolute atomic E-state index is 12.3. The van der Waals surface area contributed by atoms with Crippen molar-refractivity contribution >= 4 is 20.9 Å². The summed E-state index contributed by atoms with van der Waals surface area (Å²) < 4.78 is 63.7. The molecule has 0 radical (unpaired) electrons. The van der Waals surface area contributed by atoms with Crippen molar-refractivity contribution in [2.24, 2.45) is 7.05 Å². The number of benzene rings is 1. The maximum atomic E-state index is 12.3. The van der Waals surface area contributed by atoms with Crippen LogP contribution in [0.2, 0.25) is 0 Å². The molecule has 1 aromatic carbocycles. The Bertz CT molecular complexity index is 1040. The maximum Gasteiger partial charge on any atom is 0.404 e. The van der Waals surface area contributed by atoms with Crippen LogP contribution in [0, 0.1) is 0 Å². The Morgan fingerprint density at radius 2 is 1.88 bits per heavy atom. The predicted octanol–water partition coefficient (Wildman–Crippen LogP) is 3.22. The molecule has 1 N–H and O–H groups in total. The minimum Gasteiger partial charge on any atom is -0.344 e. The number of nitrogens with one attached hydrogen (secondary N) is 1. The van der Waals surface area contributed by atoms with E-state index in [9.17, 15) is 21.6 Å². The molecule has 0 aliphatic rings. The molecule has 0 saturated heterocycles. The van der Waals surface area contributed by atoms with E-state index in [4.69, 9.17) is 0 Å². The van der Waals surface area contributed by atoms with Gasteiger partial charge < -0.3 is 4.57 Å². The number of fused-ring (bicyclic) bond motifs is 1. The van der Waals surface area contributed by atoms with Crippen LogP contribution in [-0.2, 0) is 23.6 Å². The van der Waals surface area contributed by atoms with Crippen LogP contribution in [0.5, 0.6) is 0 Å². The van der Waals surface area contributed by atoms with Gasteiger partial charge in [-0.2, -0.15) is 13.2 Å². The van der Waals surface area contributed by atoms with E-state index in [1.54, 1.807) is 12.3 Å².